The highest BCUT2D eigenvalue weighted by atomic mass is 16.5. The van der Waals surface area contributed by atoms with E-state index in [1.54, 1.807) is 0 Å². The third-order valence-corrected chi connectivity index (χ3v) is 2.39. The van der Waals surface area contributed by atoms with Gasteiger partial charge in [-0.2, -0.15) is 4.57 Å². The van der Waals surface area contributed by atoms with E-state index in [0.29, 0.717) is 6.73 Å². The fraction of sp³-hybridized carbons (Fsp3) is 0.615. The number of nitrogens with zero attached hydrogens (tertiary/aromatic N) is 1. The first-order valence-corrected chi connectivity index (χ1v) is 5.86. The van der Waals surface area contributed by atoms with Crippen LogP contribution in [-0.4, -0.2) is 6.61 Å². The largest absolute Gasteiger partial charge is 0.323 e. The van der Waals surface area contributed by atoms with Crippen molar-refractivity contribution in [1.82, 2.24) is 0 Å². The molecular formula is C13H22NO+. The van der Waals surface area contributed by atoms with E-state index in [0.717, 1.165) is 6.61 Å². The Morgan fingerprint density at radius 3 is 2.87 bits per heavy atom. The van der Waals surface area contributed by atoms with Crippen LogP contribution in [0.4, 0.5) is 0 Å². The molecule has 0 aromatic carbocycles. The fourth-order valence-electron chi connectivity index (χ4n) is 1.53. The predicted octanol–water partition coefficient (Wildman–Crippen LogP) is 2.84. The zero-order valence-electron chi connectivity index (χ0n) is 9.91. The number of rotatable bonds is 7. The lowest BCUT2D eigenvalue weighted by molar-refractivity contribution is -0.733. The molecule has 0 aliphatic heterocycles. The monoisotopic (exact) mass is 208 g/mol. The van der Waals surface area contributed by atoms with Gasteiger partial charge >= 0.3 is 0 Å². The summed E-state index contributed by atoms with van der Waals surface area (Å²) in [6.45, 7) is 5.87. The number of unbranched alkanes of at least 4 members (excludes halogenated alkanes) is 3. The quantitative estimate of drug-likeness (QED) is 0.496. The van der Waals surface area contributed by atoms with Crippen molar-refractivity contribution in [2.24, 2.45) is 0 Å². The third-order valence-electron chi connectivity index (χ3n) is 2.39. The van der Waals surface area contributed by atoms with Crippen LogP contribution in [0, 0.1) is 6.92 Å². The standard InChI is InChI=1S/C13H22NO/c1-3-4-5-6-10-15-12-14-9-7-8-13(2)11-14/h7-9,11H,3-6,10,12H2,1-2H3/q+1. The van der Waals surface area contributed by atoms with Gasteiger partial charge in [0.25, 0.3) is 6.73 Å². The third kappa shape index (κ3) is 5.53. The van der Waals surface area contributed by atoms with Crippen LogP contribution in [0.5, 0.6) is 0 Å². The Morgan fingerprint density at radius 1 is 1.27 bits per heavy atom. The summed E-state index contributed by atoms with van der Waals surface area (Å²) in [5.74, 6) is 0. The van der Waals surface area contributed by atoms with E-state index in [4.69, 9.17) is 4.74 Å². The van der Waals surface area contributed by atoms with Crippen molar-refractivity contribution in [3.63, 3.8) is 0 Å². The highest BCUT2D eigenvalue weighted by Gasteiger charge is 1.98. The summed E-state index contributed by atoms with van der Waals surface area (Å²) in [6, 6.07) is 4.15. The lowest BCUT2D eigenvalue weighted by atomic mass is 10.2. The molecule has 0 atom stereocenters. The molecule has 0 saturated heterocycles. The number of hydrogen-bond donors (Lipinski definition) is 0. The van der Waals surface area contributed by atoms with Gasteiger partial charge < -0.3 is 4.74 Å². The minimum atomic E-state index is 0.674. The molecule has 0 fully saturated rings. The van der Waals surface area contributed by atoms with Crippen LogP contribution in [-0.2, 0) is 11.5 Å². The van der Waals surface area contributed by atoms with Gasteiger partial charge in [-0.15, -0.1) is 0 Å². The van der Waals surface area contributed by atoms with Crippen molar-refractivity contribution >= 4 is 0 Å². The summed E-state index contributed by atoms with van der Waals surface area (Å²) in [4.78, 5) is 0. The van der Waals surface area contributed by atoms with E-state index in [1.807, 2.05) is 6.20 Å². The normalized spacial score (nSPS) is 10.5. The fourth-order valence-corrected chi connectivity index (χ4v) is 1.53. The molecule has 0 aliphatic rings. The summed E-state index contributed by atoms with van der Waals surface area (Å²) in [7, 11) is 0. The summed E-state index contributed by atoms with van der Waals surface area (Å²) in [5.41, 5.74) is 1.27. The molecular weight excluding hydrogens is 186 g/mol. The van der Waals surface area contributed by atoms with Gasteiger partial charge in [0.05, 0.1) is 6.61 Å². The van der Waals surface area contributed by atoms with Crippen LogP contribution in [0.1, 0.15) is 38.2 Å². The molecule has 15 heavy (non-hydrogen) atoms. The maximum absolute atomic E-state index is 5.58. The zero-order chi connectivity index (χ0) is 10.9. The molecule has 0 spiro atoms. The average Bonchev–Trinajstić information content (AvgIpc) is 2.23. The molecule has 1 aromatic rings. The number of hydrogen-bond acceptors (Lipinski definition) is 1. The van der Waals surface area contributed by atoms with E-state index < -0.39 is 0 Å². The zero-order valence-corrected chi connectivity index (χ0v) is 9.91. The van der Waals surface area contributed by atoms with Crippen molar-refractivity contribution < 1.29 is 9.30 Å². The molecule has 0 aliphatic carbocycles. The Bertz CT molecular complexity index is 273. The Hall–Kier alpha value is -0.890. The number of pyridine rings is 1. The van der Waals surface area contributed by atoms with Gasteiger partial charge in [0.15, 0.2) is 12.4 Å². The second-order valence-corrected chi connectivity index (χ2v) is 3.99. The van der Waals surface area contributed by atoms with Gasteiger partial charge in [-0.1, -0.05) is 26.2 Å². The Kier molecular flexibility index (Phi) is 6.02. The van der Waals surface area contributed by atoms with Crippen molar-refractivity contribution in [1.29, 1.82) is 0 Å². The minimum absolute atomic E-state index is 0.674. The van der Waals surface area contributed by atoms with Crippen molar-refractivity contribution in [3.8, 4) is 0 Å². The molecule has 0 saturated carbocycles. The summed E-state index contributed by atoms with van der Waals surface area (Å²) >= 11 is 0. The number of aromatic nitrogens is 1. The first-order valence-electron chi connectivity index (χ1n) is 5.86. The van der Waals surface area contributed by atoms with Crippen LogP contribution in [0.3, 0.4) is 0 Å². The van der Waals surface area contributed by atoms with E-state index in [1.165, 1.54) is 31.2 Å². The van der Waals surface area contributed by atoms with E-state index in [9.17, 15) is 0 Å². The van der Waals surface area contributed by atoms with Crippen LogP contribution < -0.4 is 4.57 Å². The Balaban J connectivity index is 2.10. The molecule has 0 N–H and O–H groups in total. The molecule has 1 rings (SSSR count). The van der Waals surface area contributed by atoms with E-state index >= 15 is 0 Å². The smallest absolute Gasteiger partial charge is 0.252 e. The first-order chi connectivity index (χ1) is 7.33. The van der Waals surface area contributed by atoms with Gasteiger partial charge in [-0.3, -0.25) is 0 Å². The molecule has 2 heteroatoms. The molecule has 0 amide bonds. The topological polar surface area (TPSA) is 13.1 Å². The highest BCUT2D eigenvalue weighted by Crippen LogP contribution is 1.98. The molecule has 1 aromatic heterocycles. The maximum Gasteiger partial charge on any atom is 0.252 e. The van der Waals surface area contributed by atoms with Crippen LogP contribution in [0.15, 0.2) is 24.5 Å². The van der Waals surface area contributed by atoms with Gasteiger partial charge in [0.2, 0.25) is 0 Å². The van der Waals surface area contributed by atoms with Crippen LogP contribution in [0.25, 0.3) is 0 Å². The Morgan fingerprint density at radius 2 is 2.13 bits per heavy atom. The van der Waals surface area contributed by atoms with E-state index in [-0.39, 0.29) is 0 Å². The van der Waals surface area contributed by atoms with E-state index in [2.05, 4.69) is 36.7 Å². The SMILES string of the molecule is CCCCCCOC[n+]1cccc(C)c1. The maximum atomic E-state index is 5.58. The Labute approximate surface area is 92.9 Å². The van der Waals surface area contributed by atoms with Gasteiger partial charge in [0, 0.05) is 11.6 Å². The molecule has 84 valence electrons. The minimum Gasteiger partial charge on any atom is -0.323 e. The summed E-state index contributed by atoms with van der Waals surface area (Å²) in [6.07, 6.45) is 9.22. The lowest BCUT2D eigenvalue weighted by Gasteiger charge is -2.01. The number of aryl methyl sites for hydroxylation is 1. The van der Waals surface area contributed by atoms with Gasteiger partial charge in [-0.25, -0.2) is 0 Å². The molecule has 0 radical (unpaired) electrons. The summed E-state index contributed by atoms with van der Waals surface area (Å²) in [5, 5.41) is 0. The van der Waals surface area contributed by atoms with Crippen LogP contribution in [0.2, 0.25) is 0 Å². The second-order valence-electron chi connectivity index (χ2n) is 3.99. The second kappa shape index (κ2) is 7.41. The molecule has 2 nitrogen and oxygen atoms in total. The van der Waals surface area contributed by atoms with Crippen molar-refractivity contribution in [2.45, 2.75) is 46.3 Å². The number of ether oxygens (including phenoxy) is 1. The van der Waals surface area contributed by atoms with Gasteiger partial charge in [-0.05, 0) is 19.4 Å². The first kappa shape index (κ1) is 12.2. The molecule has 0 unspecified atom stereocenters. The van der Waals surface area contributed by atoms with Crippen molar-refractivity contribution in [3.05, 3.63) is 30.1 Å². The van der Waals surface area contributed by atoms with Crippen LogP contribution >= 0.6 is 0 Å². The lowest BCUT2D eigenvalue weighted by Crippen LogP contribution is -2.34. The van der Waals surface area contributed by atoms with Gasteiger partial charge in [0.1, 0.15) is 0 Å². The molecule has 0 bridgehead atoms. The summed E-state index contributed by atoms with van der Waals surface area (Å²) < 4.78 is 7.66. The molecule has 1 heterocycles. The highest BCUT2D eigenvalue weighted by molar-refractivity contribution is 5.01. The average molecular weight is 208 g/mol. The van der Waals surface area contributed by atoms with Crippen molar-refractivity contribution in [2.75, 3.05) is 6.61 Å². The predicted molar refractivity (Wildman–Crippen MR) is 61.5 cm³/mol.